The van der Waals surface area contributed by atoms with Crippen molar-refractivity contribution in [2.75, 3.05) is 14.2 Å². The first-order valence-corrected chi connectivity index (χ1v) is 5.79. The van der Waals surface area contributed by atoms with E-state index in [2.05, 4.69) is 10.1 Å². The molecule has 0 saturated heterocycles. The molecule has 0 fully saturated rings. The van der Waals surface area contributed by atoms with E-state index in [1.807, 2.05) is 0 Å². The predicted molar refractivity (Wildman–Crippen MR) is 68.4 cm³/mol. The van der Waals surface area contributed by atoms with E-state index < -0.39 is 29.0 Å². The van der Waals surface area contributed by atoms with Crippen molar-refractivity contribution in [2.24, 2.45) is 0 Å². The summed E-state index contributed by atoms with van der Waals surface area (Å²) in [5.41, 5.74) is -0.604. The highest BCUT2D eigenvalue weighted by Crippen LogP contribution is 2.36. The molecule has 0 bridgehead atoms. The molecular formula is C13H17F2NO4. The average Bonchev–Trinajstić information content (AvgIpc) is 2.33. The summed E-state index contributed by atoms with van der Waals surface area (Å²) < 4.78 is 42.0. The van der Waals surface area contributed by atoms with E-state index in [0.717, 1.165) is 6.07 Å². The van der Waals surface area contributed by atoms with Crippen LogP contribution in [0.3, 0.4) is 0 Å². The number of carbonyl (C=O) groups is 1. The minimum absolute atomic E-state index is 0.290. The Morgan fingerprint density at radius 3 is 1.90 bits per heavy atom. The van der Waals surface area contributed by atoms with Gasteiger partial charge in [0.25, 0.3) is 0 Å². The Balaban J connectivity index is 3.14. The maximum absolute atomic E-state index is 13.9. The number of rotatable bonds is 3. The molecule has 0 heterocycles. The number of halogens is 2. The van der Waals surface area contributed by atoms with Crippen molar-refractivity contribution in [3.63, 3.8) is 0 Å². The SMILES string of the molecule is COc1cc(OC)c(F)c(OC(=O)NC(C)(C)C)c1F. The van der Waals surface area contributed by atoms with Crippen LogP contribution < -0.4 is 19.5 Å². The van der Waals surface area contributed by atoms with E-state index >= 15 is 0 Å². The predicted octanol–water partition coefficient (Wildman–Crippen LogP) is 2.87. The second kappa shape index (κ2) is 5.94. The number of hydrogen-bond acceptors (Lipinski definition) is 4. The van der Waals surface area contributed by atoms with Crippen molar-refractivity contribution in [2.45, 2.75) is 26.3 Å². The molecule has 0 saturated carbocycles. The zero-order valence-corrected chi connectivity index (χ0v) is 12.0. The van der Waals surface area contributed by atoms with Crippen LogP contribution in [0.4, 0.5) is 13.6 Å². The van der Waals surface area contributed by atoms with Crippen LogP contribution in [0.5, 0.6) is 17.2 Å². The molecule has 7 heteroatoms. The van der Waals surface area contributed by atoms with Gasteiger partial charge in [0.1, 0.15) is 0 Å². The Bertz CT molecular complexity index is 484. The number of amides is 1. The molecule has 0 aliphatic heterocycles. The minimum Gasteiger partial charge on any atom is -0.493 e. The first-order chi connectivity index (χ1) is 9.19. The number of carbonyl (C=O) groups excluding carboxylic acids is 1. The van der Waals surface area contributed by atoms with Gasteiger partial charge in [0.05, 0.1) is 14.2 Å². The van der Waals surface area contributed by atoms with E-state index in [1.54, 1.807) is 20.8 Å². The van der Waals surface area contributed by atoms with Gasteiger partial charge in [-0.2, -0.15) is 8.78 Å². The van der Waals surface area contributed by atoms with E-state index in [4.69, 9.17) is 9.47 Å². The van der Waals surface area contributed by atoms with Crippen molar-refractivity contribution in [3.05, 3.63) is 17.7 Å². The third-order valence-electron chi connectivity index (χ3n) is 2.21. The summed E-state index contributed by atoms with van der Waals surface area (Å²) in [6.07, 6.45) is -0.981. The first kappa shape index (κ1) is 16.0. The van der Waals surface area contributed by atoms with E-state index in [1.165, 1.54) is 14.2 Å². The van der Waals surface area contributed by atoms with Crippen molar-refractivity contribution in [1.29, 1.82) is 0 Å². The van der Waals surface area contributed by atoms with Crippen LogP contribution in [-0.4, -0.2) is 25.9 Å². The van der Waals surface area contributed by atoms with E-state index in [0.29, 0.717) is 0 Å². The lowest BCUT2D eigenvalue weighted by Gasteiger charge is -2.20. The highest BCUT2D eigenvalue weighted by molar-refractivity contribution is 5.71. The monoisotopic (exact) mass is 289 g/mol. The van der Waals surface area contributed by atoms with Crippen molar-refractivity contribution >= 4 is 6.09 Å². The van der Waals surface area contributed by atoms with Gasteiger partial charge in [-0.05, 0) is 20.8 Å². The second-order valence-electron chi connectivity index (χ2n) is 5.00. The zero-order valence-electron chi connectivity index (χ0n) is 12.0. The van der Waals surface area contributed by atoms with Gasteiger partial charge < -0.3 is 19.5 Å². The van der Waals surface area contributed by atoms with Gasteiger partial charge in [0.15, 0.2) is 11.5 Å². The van der Waals surface area contributed by atoms with Crippen molar-refractivity contribution < 1.29 is 27.8 Å². The molecule has 20 heavy (non-hydrogen) atoms. The average molecular weight is 289 g/mol. The summed E-state index contributed by atoms with van der Waals surface area (Å²) in [7, 11) is 2.41. The number of nitrogens with one attached hydrogen (secondary N) is 1. The summed E-state index contributed by atoms with van der Waals surface area (Å²) >= 11 is 0. The van der Waals surface area contributed by atoms with Crippen LogP contribution in [0.2, 0.25) is 0 Å². The highest BCUT2D eigenvalue weighted by atomic mass is 19.1. The lowest BCUT2D eigenvalue weighted by atomic mass is 10.1. The van der Waals surface area contributed by atoms with Crippen LogP contribution >= 0.6 is 0 Å². The number of methoxy groups -OCH3 is 2. The Labute approximate surface area is 115 Å². The van der Waals surface area contributed by atoms with Gasteiger partial charge in [0, 0.05) is 11.6 Å². The van der Waals surface area contributed by atoms with Crippen LogP contribution in [0.1, 0.15) is 20.8 Å². The molecule has 0 aliphatic rings. The van der Waals surface area contributed by atoms with Crippen molar-refractivity contribution in [3.8, 4) is 17.2 Å². The van der Waals surface area contributed by atoms with E-state index in [-0.39, 0.29) is 11.5 Å². The van der Waals surface area contributed by atoms with Crippen LogP contribution in [0.15, 0.2) is 6.07 Å². The fourth-order valence-corrected chi connectivity index (χ4v) is 1.38. The Kier molecular flexibility index (Phi) is 4.75. The van der Waals surface area contributed by atoms with Crippen LogP contribution in [-0.2, 0) is 0 Å². The van der Waals surface area contributed by atoms with Gasteiger partial charge >= 0.3 is 6.09 Å². The molecule has 0 atom stereocenters. The molecule has 1 amide bonds. The van der Waals surface area contributed by atoms with E-state index in [9.17, 15) is 13.6 Å². The smallest absolute Gasteiger partial charge is 0.413 e. The number of benzene rings is 1. The van der Waals surface area contributed by atoms with Gasteiger partial charge in [-0.15, -0.1) is 0 Å². The van der Waals surface area contributed by atoms with Gasteiger partial charge in [-0.25, -0.2) is 4.79 Å². The minimum atomic E-state index is -1.12. The van der Waals surface area contributed by atoms with Crippen LogP contribution in [0, 0.1) is 11.6 Å². The lowest BCUT2D eigenvalue weighted by molar-refractivity contribution is 0.185. The lowest BCUT2D eigenvalue weighted by Crippen LogP contribution is -2.42. The summed E-state index contributed by atoms with van der Waals surface area (Å²) in [4.78, 5) is 11.6. The standard InChI is InChI=1S/C13H17F2NO4/c1-13(2,3)16-12(17)20-11-9(14)7(18-4)6-8(19-5)10(11)15/h6H,1-5H3,(H,16,17). The number of hydrogen-bond donors (Lipinski definition) is 1. The fourth-order valence-electron chi connectivity index (χ4n) is 1.38. The summed E-state index contributed by atoms with van der Waals surface area (Å²) in [6, 6.07) is 1.03. The second-order valence-corrected chi connectivity index (χ2v) is 5.00. The molecule has 0 spiro atoms. The fraction of sp³-hybridized carbons (Fsp3) is 0.462. The Hall–Kier alpha value is -2.05. The molecule has 1 aromatic rings. The van der Waals surface area contributed by atoms with Crippen molar-refractivity contribution in [1.82, 2.24) is 5.32 Å². The molecule has 0 unspecified atom stereocenters. The highest BCUT2D eigenvalue weighted by Gasteiger charge is 2.25. The molecule has 1 N–H and O–H groups in total. The van der Waals surface area contributed by atoms with Crippen LogP contribution in [0.25, 0.3) is 0 Å². The Morgan fingerprint density at radius 1 is 1.10 bits per heavy atom. The summed E-state index contributed by atoms with van der Waals surface area (Å²) in [5, 5.41) is 2.42. The maximum atomic E-state index is 13.9. The number of ether oxygens (including phenoxy) is 3. The summed E-state index contributed by atoms with van der Waals surface area (Å²) in [5.74, 6) is -3.68. The molecule has 112 valence electrons. The topological polar surface area (TPSA) is 56.8 Å². The largest absolute Gasteiger partial charge is 0.493 e. The third kappa shape index (κ3) is 3.72. The molecule has 1 rings (SSSR count). The first-order valence-electron chi connectivity index (χ1n) is 5.79. The maximum Gasteiger partial charge on any atom is 0.413 e. The summed E-state index contributed by atoms with van der Waals surface area (Å²) in [6.45, 7) is 5.10. The molecule has 0 aromatic heterocycles. The molecular weight excluding hydrogens is 272 g/mol. The molecule has 1 aromatic carbocycles. The van der Waals surface area contributed by atoms with Gasteiger partial charge in [0.2, 0.25) is 17.4 Å². The third-order valence-corrected chi connectivity index (χ3v) is 2.21. The normalized spacial score (nSPS) is 10.9. The molecule has 0 aliphatic carbocycles. The quantitative estimate of drug-likeness (QED) is 0.929. The van der Waals surface area contributed by atoms with Gasteiger partial charge in [-0.3, -0.25) is 0 Å². The Morgan fingerprint density at radius 2 is 1.55 bits per heavy atom. The molecule has 5 nitrogen and oxygen atoms in total. The zero-order chi connectivity index (χ0) is 15.5. The molecule has 0 radical (unpaired) electrons. The van der Waals surface area contributed by atoms with Gasteiger partial charge in [-0.1, -0.05) is 0 Å².